The van der Waals surface area contributed by atoms with Crippen molar-refractivity contribution in [2.45, 2.75) is 6.42 Å². The average molecular weight is 235 g/mol. The average Bonchev–Trinajstić information content (AvgIpc) is 2.39. The SMILES string of the molecule is CNCCN1CC(CS(N)(=O)=O)CC1=O. The van der Waals surface area contributed by atoms with E-state index in [1.165, 1.54) is 0 Å². The molecule has 15 heavy (non-hydrogen) atoms. The lowest BCUT2D eigenvalue weighted by Gasteiger charge is -2.15. The van der Waals surface area contributed by atoms with Crippen LogP contribution in [0.3, 0.4) is 0 Å². The normalized spacial score (nSPS) is 22.4. The molecule has 1 aliphatic heterocycles. The third-order valence-corrected chi connectivity index (χ3v) is 3.33. The Morgan fingerprint density at radius 1 is 1.60 bits per heavy atom. The first-order chi connectivity index (χ1) is 6.92. The van der Waals surface area contributed by atoms with Gasteiger partial charge in [-0.1, -0.05) is 0 Å². The lowest BCUT2D eigenvalue weighted by atomic mass is 10.1. The second kappa shape index (κ2) is 4.91. The molecular formula is C8H17N3O3S. The number of hydrogen-bond donors (Lipinski definition) is 2. The summed E-state index contributed by atoms with van der Waals surface area (Å²) in [7, 11) is -1.66. The van der Waals surface area contributed by atoms with E-state index < -0.39 is 10.0 Å². The monoisotopic (exact) mass is 235 g/mol. The fourth-order valence-electron chi connectivity index (χ4n) is 1.76. The topological polar surface area (TPSA) is 92.5 Å². The van der Waals surface area contributed by atoms with E-state index in [9.17, 15) is 13.2 Å². The van der Waals surface area contributed by atoms with Crippen molar-refractivity contribution in [3.05, 3.63) is 0 Å². The van der Waals surface area contributed by atoms with E-state index in [0.29, 0.717) is 26.1 Å². The molecule has 0 aliphatic carbocycles. The predicted octanol–water partition coefficient (Wildman–Crippen LogP) is -1.66. The first-order valence-corrected chi connectivity index (χ1v) is 6.57. The number of sulfonamides is 1. The van der Waals surface area contributed by atoms with Crippen LogP contribution in [0.2, 0.25) is 0 Å². The van der Waals surface area contributed by atoms with Gasteiger partial charge in [-0.05, 0) is 7.05 Å². The van der Waals surface area contributed by atoms with Crippen LogP contribution in [-0.4, -0.2) is 51.7 Å². The number of nitrogens with zero attached hydrogens (tertiary/aromatic N) is 1. The molecular weight excluding hydrogens is 218 g/mol. The fourth-order valence-corrected chi connectivity index (χ4v) is 2.64. The molecule has 1 fully saturated rings. The van der Waals surface area contributed by atoms with Crippen molar-refractivity contribution in [2.24, 2.45) is 11.1 Å². The standard InChI is InChI=1S/C8H17N3O3S/c1-10-2-3-11-5-7(4-8(11)12)6-15(9,13)14/h7,10H,2-6H2,1H3,(H2,9,13,14). The zero-order valence-electron chi connectivity index (χ0n) is 8.77. The first kappa shape index (κ1) is 12.4. The lowest BCUT2D eigenvalue weighted by Crippen LogP contribution is -2.32. The molecule has 1 heterocycles. The highest BCUT2D eigenvalue weighted by atomic mass is 32.2. The van der Waals surface area contributed by atoms with E-state index in [4.69, 9.17) is 5.14 Å². The largest absolute Gasteiger partial charge is 0.341 e. The highest BCUT2D eigenvalue weighted by Crippen LogP contribution is 2.18. The van der Waals surface area contributed by atoms with Gasteiger partial charge in [-0.15, -0.1) is 0 Å². The number of likely N-dealkylation sites (N-methyl/N-ethyl adjacent to an activating group) is 1. The van der Waals surface area contributed by atoms with E-state index >= 15 is 0 Å². The van der Waals surface area contributed by atoms with Crippen molar-refractivity contribution in [2.75, 3.05) is 32.4 Å². The third-order valence-electron chi connectivity index (χ3n) is 2.39. The smallest absolute Gasteiger partial charge is 0.223 e. The number of rotatable bonds is 5. The van der Waals surface area contributed by atoms with Crippen LogP contribution >= 0.6 is 0 Å². The van der Waals surface area contributed by atoms with Crippen LogP contribution in [0.15, 0.2) is 0 Å². The summed E-state index contributed by atoms with van der Waals surface area (Å²) in [6.07, 6.45) is 0.292. The molecule has 1 amide bonds. The predicted molar refractivity (Wildman–Crippen MR) is 56.6 cm³/mol. The Balaban J connectivity index is 2.45. The van der Waals surface area contributed by atoms with Gasteiger partial charge in [-0.3, -0.25) is 4.79 Å². The summed E-state index contributed by atoms with van der Waals surface area (Å²) < 4.78 is 21.7. The van der Waals surface area contributed by atoms with Crippen molar-refractivity contribution in [3.63, 3.8) is 0 Å². The Morgan fingerprint density at radius 3 is 2.80 bits per heavy atom. The molecule has 3 N–H and O–H groups in total. The van der Waals surface area contributed by atoms with E-state index in [0.717, 1.165) is 0 Å². The van der Waals surface area contributed by atoms with Crippen LogP contribution in [0.1, 0.15) is 6.42 Å². The van der Waals surface area contributed by atoms with Crippen LogP contribution < -0.4 is 10.5 Å². The summed E-state index contributed by atoms with van der Waals surface area (Å²) in [6, 6.07) is 0. The maximum atomic E-state index is 11.4. The van der Waals surface area contributed by atoms with Crippen LogP contribution in [0.5, 0.6) is 0 Å². The Morgan fingerprint density at radius 2 is 2.27 bits per heavy atom. The number of amides is 1. The van der Waals surface area contributed by atoms with Crippen molar-refractivity contribution >= 4 is 15.9 Å². The van der Waals surface area contributed by atoms with Crippen molar-refractivity contribution in [1.29, 1.82) is 0 Å². The number of primary sulfonamides is 1. The summed E-state index contributed by atoms with van der Waals surface area (Å²) in [4.78, 5) is 13.1. The minimum absolute atomic E-state index is 0.0129. The molecule has 0 aromatic heterocycles. The van der Waals surface area contributed by atoms with Crippen LogP contribution in [0.25, 0.3) is 0 Å². The fraction of sp³-hybridized carbons (Fsp3) is 0.875. The van der Waals surface area contributed by atoms with E-state index in [1.54, 1.807) is 4.90 Å². The summed E-state index contributed by atoms with van der Waals surface area (Å²) in [5.41, 5.74) is 0. The Labute approximate surface area is 89.9 Å². The van der Waals surface area contributed by atoms with Crippen molar-refractivity contribution in [1.82, 2.24) is 10.2 Å². The molecule has 0 saturated carbocycles. The zero-order valence-corrected chi connectivity index (χ0v) is 9.59. The van der Waals surface area contributed by atoms with Crippen LogP contribution in [0.4, 0.5) is 0 Å². The van der Waals surface area contributed by atoms with E-state index in [-0.39, 0.29) is 17.6 Å². The van der Waals surface area contributed by atoms with Gasteiger partial charge in [-0.2, -0.15) is 0 Å². The molecule has 0 aromatic carbocycles. The van der Waals surface area contributed by atoms with Gasteiger partial charge < -0.3 is 10.2 Å². The highest BCUT2D eigenvalue weighted by Gasteiger charge is 2.31. The Hall–Kier alpha value is -0.660. The minimum Gasteiger partial charge on any atom is -0.341 e. The molecule has 1 rings (SSSR count). The van der Waals surface area contributed by atoms with Gasteiger partial charge in [0.2, 0.25) is 15.9 Å². The van der Waals surface area contributed by atoms with Crippen molar-refractivity contribution < 1.29 is 13.2 Å². The highest BCUT2D eigenvalue weighted by molar-refractivity contribution is 7.89. The lowest BCUT2D eigenvalue weighted by molar-refractivity contribution is -0.127. The molecule has 0 aromatic rings. The van der Waals surface area contributed by atoms with E-state index in [2.05, 4.69) is 5.32 Å². The van der Waals surface area contributed by atoms with E-state index in [1.807, 2.05) is 7.05 Å². The molecule has 7 heteroatoms. The molecule has 0 radical (unpaired) electrons. The van der Waals surface area contributed by atoms with Gasteiger partial charge >= 0.3 is 0 Å². The van der Waals surface area contributed by atoms with Gasteiger partial charge in [-0.25, -0.2) is 13.6 Å². The van der Waals surface area contributed by atoms with Gasteiger partial charge in [0, 0.05) is 32.0 Å². The molecule has 0 spiro atoms. The summed E-state index contributed by atoms with van der Waals surface area (Å²) >= 11 is 0. The summed E-state index contributed by atoms with van der Waals surface area (Å²) in [6.45, 7) is 1.83. The Bertz CT molecular complexity index is 328. The van der Waals surface area contributed by atoms with Crippen LogP contribution in [0, 0.1) is 5.92 Å². The summed E-state index contributed by atoms with van der Waals surface area (Å²) in [5, 5.41) is 7.88. The third kappa shape index (κ3) is 4.15. The maximum absolute atomic E-state index is 11.4. The van der Waals surface area contributed by atoms with Gasteiger partial charge in [0.05, 0.1) is 5.75 Å². The quantitative estimate of drug-likeness (QED) is 0.596. The minimum atomic E-state index is -3.47. The van der Waals surface area contributed by atoms with Gasteiger partial charge in [0.1, 0.15) is 0 Å². The first-order valence-electron chi connectivity index (χ1n) is 4.85. The molecule has 88 valence electrons. The van der Waals surface area contributed by atoms with Gasteiger partial charge in [0.15, 0.2) is 0 Å². The second-order valence-corrected chi connectivity index (χ2v) is 5.50. The number of likely N-dealkylation sites (tertiary alicyclic amines) is 1. The number of hydrogen-bond acceptors (Lipinski definition) is 4. The molecule has 6 nitrogen and oxygen atoms in total. The molecule has 1 unspecified atom stereocenters. The van der Waals surface area contributed by atoms with Gasteiger partial charge in [0.25, 0.3) is 0 Å². The Kier molecular flexibility index (Phi) is 4.06. The summed E-state index contributed by atoms with van der Waals surface area (Å²) in [5.74, 6) is -0.238. The number of carbonyl (C=O) groups is 1. The van der Waals surface area contributed by atoms with Crippen molar-refractivity contribution in [3.8, 4) is 0 Å². The number of carbonyl (C=O) groups excluding carboxylic acids is 1. The second-order valence-electron chi connectivity index (χ2n) is 3.84. The zero-order chi connectivity index (χ0) is 11.5. The molecule has 1 aliphatic rings. The molecule has 1 saturated heterocycles. The molecule has 0 bridgehead atoms. The number of nitrogens with two attached hydrogens (primary N) is 1. The van der Waals surface area contributed by atoms with Crippen LogP contribution in [-0.2, 0) is 14.8 Å². The number of nitrogens with one attached hydrogen (secondary N) is 1. The maximum Gasteiger partial charge on any atom is 0.223 e. The molecule has 1 atom stereocenters.